The number of nitrogens with zero attached hydrogens (tertiary/aromatic N) is 1. The number of nitrogens with one attached hydrogen (secondary N) is 1. The number of pyridine rings is 1. The lowest BCUT2D eigenvalue weighted by atomic mass is 10.2. The second kappa shape index (κ2) is 5.75. The van der Waals surface area contributed by atoms with Crippen LogP contribution in [0.1, 0.15) is 5.56 Å². The van der Waals surface area contributed by atoms with Gasteiger partial charge >= 0.3 is 0 Å². The maximum atomic E-state index is 13.5. The highest BCUT2D eigenvalue weighted by atomic mass is 79.9. The third-order valence-electron chi connectivity index (χ3n) is 2.24. The van der Waals surface area contributed by atoms with Crippen LogP contribution >= 0.6 is 31.9 Å². The minimum atomic E-state index is -0.634. The molecule has 18 heavy (non-hydrogen) atoms. The van der Waals surface area contributed by atoms with Crippen molar-refractivity contribution in [2.24, 2.45) is 0 Å². The van der Waals surface area contributed by atoms with Gasteiger partial charge in [0, 0.05) is 27.9 Å². The summed E-state index contributed by atoms with van der Waals surface area (Å²) in [6.45, 7) is 0.294. The zero-order valence-electron chi connectivity index (χ0n) is 9.05. The van der Waals surface area contributed by atoms with Crippen LogP contribution in [0.15, 0.2) is 39.5 Å². The molecule has 0 atom stereocenters. The molecule has 2 nitrogen and oxygen atoms in total. The van der Waals surface area contributed by atoms with Crippen molar-refractivity contribution in [2.45, 2.75) is 6.54 Å². The van der Waals surface area contributed by atoms with Gasteiger partial charge in [-0.1, -0.05) is 15.9 Å². The molecule has 0 saturated heterocycles. The molecule has 0 unspecified atom stereocenters. The third kappa shape index (κ3) is 3.26. The van der Waals surface area contributed by atoms with Crippen molar-refractivity contribution < 1.29 is 8.78 Å². The summed E-state index contributed by atoms with van der Waals surface area (Å²) < 4.78 is 28.3. The van der Waals surface area contributed by atoms with Crippen LogP contribution in [0.25, 0.3) is 0 Å². The van der Waals surface area contributed by atoms with Crippen molar-refractivity contribution >= 4 is 37.5 Å². The molecule has 0 saturated carbocycles. The Kier molecular flexibility index (Phi) is 4.29. The van der Waals surface area contributed by atoms with Crippen LogP contribution in [0, 0.1) is 11.6 Å². The molecule has 6 heteroatoms. The fourth-order valence-corrected chi connectivity index (χ4v) is 2.27. The molecule has 2 rings (SSSR count). The number of benzene rings is 1. The number of aromatic nitrogens is 1. The normalized spacial score (nSPS) is 10.4. The van der Waals surface area contributed by atoms with E-state index in [1.165, 1.54) is 12.1 Å². The molecule has 2 aromatic rings. The molecule has 1 heterocycles. The topological polar surface area (TPSA) is 24.9 Å². The lowest BCUT2D eigenvalue weighted by Crippen LogP contribution is -2.04. The molecule has 0 bridgehead atoms. The van der Waals surface area contributed by atoms with Gasteiger partial charge in [0.1, 0.15) is 17.3 Å². The van der Waals surface area contributed by atoms with E-state index in [4.69, 9.17) is 0 Å². The van der Waals surface area contributed by atoms with E-state index in [9.17, 15) is 8.78 Å². The van der Waals surface area contributed by atoms with Gasteiger partial charge in [0.15, 0.2) is 0 Å². The van der Waals surface area contributed by atoms with Crippen molar-refractivity contribution in [1.29, 1.82) is 0 Å². The second-order valence-corrected chi connectivity index (χ2v) is 5.44. The minimum absolute atomic E-state index is 0.141. The summed E-state index contributed by atoms with van der Waals surface area (Å²) in [7, 11) is 0. The third-order valence-corrected chi connectivity index (χ3v) is 3.13. The minimum Gasteiger partial charge on any atom is -0.376 e. The molecule has 0 spiro atoms. The van der Waals surface area contributed by atoms with E-state index in [1.54, 1.807) is 12.4 Å². The van der Waals surface area contributed by atoms with Crippen LogP contribution in [-0.4, -0.2) is 4.98 Å². The fourth-order valence-electron chi connectivity index (χ4n) is 1.45. The zero-order chi connectivity index (χ0) is 13.1. The van der Waals surface area contributed by atoms with Gasteiger partial charge in [-0.25, -0.2) is 8.78 Å². The molecule has 1 N–H and O–H groups in total. The molecule has 0 fully saturated rings. The van der Waals surface area contributed by atoms with Gasteiger partial charge in [0.25, 0.3) is 0 Å². The Bertz CT molecular complexity index is 553. The monoisotopic (exact) mass is 376 g/mol. The molecule has 0 radical (unpaired) electrons. The number of anilines is 1. The summed E-state index contributed by atoms with van der Waals surface area (Å²) in [5.41, 5.74) is 0.685. The summed E-state index contributed by atoms with van der Waals surface area (Å²) in [6, 6.07) is 4.25. The predicted molar refractivity (Wildman–Crippen MR) is 73.3 cm³/mol. The first-order valence-corrected chi connectivity index (χ1v) is 6.62. The van der Waals surface area contributed by atoms with E-state index in [0.717, 1.165) is 10.0 Å². The van der Waals surface area contributed by atoms with Crippen LogP contribution in [0.2, 0.25) is 0 Å². The standard InChI is InChI=1S/C12H8Br2F2N2/c13-8-2-10(15)12(11(16)3-8)18-5-7-1-9(14)6-17-4-7/h1-4,6,18H,5H2. The lowest BCUT2D eigenvalue weighted by molar-refractivity contribution is 0.586. The van der Waals surface area contributed by atoms with Crippen molar-refractivity contribution in [2.75, 3.05) is 5.32 Å². The first kappa shape index (κ1) is 13.4. The first-order valence-electron chi connectivity index (χ1n) is 5.04. The Balaban J connectivity index is 2.16. The Morgan fingerprint density at radius 3 is 2.28 bits per heavy atom. The number of hydrogen-bond donors (Lipinski definition) is 1. The van der Waals surface area contributed by atoms with Gasteiger partial charge in [-0.3, -0.25) is 4.98 Å². The maximum Gasteiger partial charge on any atom is 0.150 e. The van der Waals surface area contributed by atoms with Crippen LogP contribution in [0.3, 0.4) is 0 Å². The fraction of sp³-hybridized carbons (Fsp3) is 0.0833. The molecule has 1 aromatic heterocycles. The molecular formula is C12H8Br2F2N2. The molecule has 0 aliphatic heterocycles. The van der Waals surface area contributed by atoms with Crippen molar-refractivity contribution in [1.82, 2.24) is 4.98 Å². The van der Waals surface area contributed by atoms with Gasteiger partial charge < -0.3 is 5.32 Å². The molecule has 94 valence electrons. The van der Waals surface area contributed by atoms with Gasteiger partial charge in [-0.15, -0.1) is 0 Å². The first-order chi connectivity index (χ1) is 8.56. The Labute approximate surface area is 120 Å². The summed E-state index contributed by atoms with van der Waals surface area (Å²) in [6.07, 6.45) is 3.27. The van der Waals surface area contributed by atoms with Crippen molar-refractivity contribution in [3.8, 4) is 0 Å². The quantitative estimate of drug-likeness (QED) is 0.851. The summed E-state index contributed by atoms with van der Waals surface area (Å²) >= 11 is 6.31. The largest absolute Gasteiger partial charge is 0.376 e. The average molecular weight is 378 g/mol. The summed E-state index contributed by atoms with van der Waals surface area (Å²) in [5, 5.41) is 2.72. The predicted octanol–water partition coefficient (Wildman–Crippen LogP) is 4.50. The van der Waals surface area contributed by atoms with Crippen LogP contribution < -0.4 is 5.32 Å². The SMILES string of the molecule is Fc1cc(Br)cc(F)c1NCc1cncc(Br)c1. The molecular weight excluding hydrogens is 370 g/mol. The van der Waals surface area contributed by atoms with E-state index < -0.39 is 11.6 Å². The number of halogens is 4. The molecule has 0 aliphatic rings. The number of hydrogen-bond acceptors (Lipinski definition) is 2. The van der Waals surface area contributed by atoms with Crippen molar-refractivity contribution in [3.63, 3.8) is 0 Å². The zero-order valence-corrected chi connectivity index (χ0v) is 12.2. The van der Waals surface area contributed by atoms with Gasteiger partial charge in [-0.2, -0.15) is 0 Å². The smallest absolute Gasteiger partial charge is 0.150 e. The summed E-state index contributed by atoms with van der Waals surface area (Å²) in [5.74, 6) is -1.27. The number of rotatable bonds is 3. The highest BCUT2D eigenvalue weighted by Gasteiger charge is 2.10. The van der Waals surface area contributed by atoms with E-state index in [1.807, 2.05) is 6.07 Å². The van der Waals surface area contributed by atoms with Crippen molar-refractivity contribution in [3.05, 3.63) is 56.7 Å². The molecule has 0 aliphatic carbocycles. The maximum absolute atomic E-state index is 13.5. The highest BCUT2D eigenvalue weighted by molar-refractivity contribution is 9.10. The van der Waals surface area contributed by atoms with Crippen LogP contribution in [-0.2, 0) is 6.54 Å². The van der Waals surface area contributed by atoms with Gasteiger partial charge in [-0.05, 0) is 39.7 Å². The van der Waals surface area contributed by atoms with E-state index in [0.29, 0.717) is 11.0 Å². The van der Waals surface area contributed by atoms with E-state index in [2.05, 4.69) is 42.2 Å². The van der Waals surface area contributed by atoms with Crippen LogP contribution in [0.4, 0.5) is 14.5 Å². The Morgan fingerprint density at radius 1 is 1.00 bits per heavy atom. The average Bonchev–Trinajstić information content (AvgIpc) is 2.27. The molecule has 1 aromatic carbocycles. The molecule has 0 amide bonds. The van der Waals surface area contributed by atoms with Gasteiger partial charge in [0.2, 0.25) is 0 Å². The summed E-state index contributed by atoms with van der Waals surface area (Å²) in [4.78, 5) is 3.97. The lowest BCUT2D eigenvalue weighted by Gasteiger charge is -2.09. The van der Waals surface area contributed by atoms with Gasteiger partial charge in [0.05, 0.1) is 0 Å². The highest BCUT2D eigenvalue weighted by Crippen LogP contribution is 2.24. The van der Waals surface area contributed by atoms with Crippen LogP contribution in [0.5, 0.6) is 0 Å². The Hall–Kier alpha value is -1.01. The Morgan fingerprint density at radius 2 is 1.67 bits per heavy atom. The van der Waals surface area contributed by atoms with E-state index >= 15 is 0 Å². The second-order valence-electron chi connectivity index (χ2n) is 3.61. The van der Waals surface area contributed by atoms with E-state index in [-0.39, 0.29) is 5.69 Å².